The summed E-state index contributed by atoms with van der Waals surface area (Å²) in [5, 5.41) is 13.2. The third-order valence-corrected chi connectivity index (χ3v) is 5.99. The Kier molecular flexibility index (Phi) is 8.40. The second-order valence-corrected chi connectivity index (χ2v) is 9.37. The van der Waals surface area contributed by atoms with E-state index < -0.39 is 0 Å². The minimum Gasteiger partial charge on any atom is -0.369 e. The number of carbonyl (C=O) groups is 1. The van der Waals surface area contributed by atoms with Crippen molar-refractivity contribution in [2.24, 2.45) is 5.92 Å². The van der Waals surface area contributed by atoms with Crippen molar-refractivity contribution >= 4 is 57.7 Å². The third kappa shape index (κ3) is 6.24. The summed E-state index contributed by atoms with van der Waals surface area (Å²) in [7, 11) is 0. The zero-order valence-electron chi connectivity index (χ0n) is 17.8. The van der Waals surface area contributed by atoms with Crippen LogP contribution in [0.3, 0.4) is 0 Å². The first-order valence-corrected chi connectivity index (χ1v) is 12.0. The lowest BCUT2D eigenvalue weighted by molar-refractivity contribution is 0.0952. The summed E-state index contributed by atoms with van der Waals surface area (Å²) < 4.78 is 1.79. The molecule has 10 heteroatoms. The summed E-state index contributed by atoms with van der Waals surface area (Å²) in [6, 6.07) is 4.81. The molecule has 0 bridgehead atoms. The highest BCUT2D eigenvalue weighted by atomic mass is 35.5. The van der Waals surface area contributed by atoms with Crippen molar-refractivity contribution < 1.29 is 4.79 Å². The monoisotopic (exact) mass is 480 g/mol. The molecule has 7 nitrogen and oxygen atoms in total. The average Bonchev–Trinajstić information content (AvgIpc) is 3.15. The van der Waals surface area contributed by atoms with E-state index in [0.717, 1.165) is 40.7 Å². The zero-order chi connectivity index (χ0) is 22.4. The van der Waals surface area contributed by atoms with E-state index in [9.17, 15) is 4.79 Å². The molecule has 0 saturated carbocycles. The maximum Gasteiger partial charge on any atom is 0.252 e. The van der Waals surface area contributed by atoms with Gasteiger partial charge in [-0.15, -0.1) is 0 Å². The quantitative estimate of drug-likeness (QED) is 0.308. The summed E-state index contributed by atoms with van der Waals surface area (Å²) in [5.74, 6) is 1.94. The van der Waals surface area contributed by atoms with E-state index in [1.807, 2.05) is 0 Å². The fraction of sp³-hybridized carbons (Fsp3) is 0.429. The van der Waals surface area contributed by atoms with Crippen molar-refractivity contribution in [1.29, 1.82) is 0 Å². The van der Waals surface area contributed by atoms with Crippen molar-refractivity contribution in [3.05, 3.63) is 40.0 Å². The number of rotatable bonds is 10. The lowest BCUT2D eigenvalue weighted by atomic mass is 10.2. The Morgan fingerprint density at radius 3 is 2.81 bits per heavy atom. The molecule has 0 spiro atoms. The molecule has 0 radical (unpaired) electrons. The van der Waals surface area contributed by atoms with Gasteiger partial charge in [0.1, 0.15) is 5.82 Å². The number of amides is 1. The number of halogens is 2. The molecular formula is C21H26Cl2N6OS. The first kappa shape index (κ1) is 23.6. The number of hydrogen-bond acceptors (Lipinski definition) is 6. The van der Waals surface area contributed by atoms with Crippen LogP contribution in [0.25, 0.3) is 11.0 Å². The van der Waals surface area contributed by atoms with Gasteiger partial charge < -0.3 is 10.6 Å². The molecule has 3 aromatic rings. The van der Waals surface area contributed by atoms with Gasteiger partial charge >= 0.3 is 0 Å². The van der Waals surface area contributed by atoms with Crippen LogP contribution in [0.4, 0.5) is 5.82 Å². The Labute approximate surface area is 196 Å². The van der Waals surface area contributed by atoms with Gasteiger partial charge in [-0.05, 0) is 30.5 Å². The summed E-state index contributed by atoms with van der Waals surface area (Å²) >= 11 is 13.7. The smallest absolute Gasteiger partial charge is 0.252 e. The molecular weight excluding hydrogens is 455 g/mol. The SMILES string of the molecule is CCCSc1nc(NCC(C)C)c2cnn(CCNC(=O)c3cc(Cl)ccc3Cl)c2n1. The fourth-order valence-electron chi connectivity index (χ4n) is 2.83. The minimum atomic E-state index is -0.280. The van der Waals surface area contributed by atoms with Crippen LogP contribution in [0.5, 0.6) is 0 Å². The van der Waals surface area contributed by atoms with Gasteiger partial charge in [-0.2, -0.15) is 5.10 Å². The fourth-order valence-corrected chi connectivity index (χ4v) is 3.90. The lowest BCUT2D eigenvalue weighted by Crippen LogP contribution is -2.27. The van der Waals surface area contributed by atoms with Crippen LogP contribution in [-0.4, -0.2) is 44.5 Å². The molecule has 0 atom stereocenters. The zero-order valence-corrected chi connectivity index (χ0v) is 20.1. The lowest BCUT2D eigenvalue weighted by Gasteiger charge is -2.11. The number of aromatic nitrogens is 4. The van der Waals surface area contributed by atoms with E-state index in [-0.39, 0.29) is 5.91 Å². The first-order chi connectivity index (χ1) is 14.9. The largest absolute Gasteiger partial charge is 0.369 e. The van der Waals surface area contributed by atoms with Gasteiger partial charge in [0.15, 0.2) is 10.8 Å². The van der Waals surface area contributed by atoms with Gasteiger partial charge in [0.2, 0.25) is 0 Å². The highest BCUT2D eigenvalue weighted by molar-refractivity contribution is 7.99. The predicted octanol–water partition coefficient (Wildman–Crippen LogP) is 5.13. The third-order valence-electron chi connectivity index (χ3n) is 4.37. The molecule has 0 saturated heterocycles. The van der Waals surface area contributed by atoms with Crippen LogP contribution in [0, 0.1) is 5.92 Å². The van der Waals surface area contributed by atoms with Crippen LogP contribution in [0.1, 0.15) is 37.6 Å². The summed E-state index contributed by atoms with van der Waals surface area (Å²) in [6.45, 7) is 8.07. The Bertz CT molecular complexity index is 1060. The molecule has 1 aromatic carbocycles. The van der Waals surface area contributed by atoms with E-state index in [1.165, 1.54) is 0 Å². The molecule has 166 valence electrons. The molecule has 1 amide bonds. The van der Waals surface area contributed by atoms with Gasteiger partial charge in [-0.3, -0.25) is 4.79 Å². The highest BCUT2D eigenvalue weighted by Crippen LogP contribution is 2.25. The second-order valence-electron chi connectivity index (χ2n) is 7.46. The Morgan fingerprint density at radius 1 is 1.26 bits per heavy atom. The number of nitrogens with zero attached hydrogens (tertiary/aromatic N) is 4. The van der Waals surface area contributed by atoms with E-state index in [0.29, 0.717) is 34.6 Å². The van der Waals surface area contributed by atoms with Gasteiger partial charge in [0.25, 0.3) is 5.91 Å². The van der Waals surface area contributed by atoms with E-state index in [2.05, 4.69) is 41.5 Å². The minimum absolute atomic E-state index is 0.280. The van der Waals surface area contributed by atoms with Gasteiger partial charge in [0, 0.05) is 23.9 Å². The molecule has 2 heterocycles. The molecule has 0 aliphatic heterocycles. The average molecular weight is 481 g/mol. The van der Waals surface area contributed by atoms with Crippen molar-refractivity contribution in [2.45, 2.75) is 38.9 Å². The summed E-state index contributed by atoms with van der Waals surface area (Å²) in [5.41, 5.74) is 1.09. The van der Waals surface area contributed by atoms with Crippen LogP contribution in [0.15, 0.2) is 29.6 Å². The van der Waals surface area contributed by atoms with Gasteiger partial charge in [0.05, 0.1) is 28.7 Å². The van der Waals surface area contributed by atoms with Crippen LogP contribution < -0.4 is 10.6 Å². The number of hydrogen-bond donors (Lipinski definition) is 2. The molecule has 0 aliphatic carbocycles. The number of carbonyl (C=O) groups excluding carboxylic acids is 1. The number of anilines is 1. The van der Waals surface area contributed by atoms with Crippen molar-refractivity contribution in [3.63, 3.8) is 0 Å². The number of benzene rings is 1. The molecule has 0 unspecified atom stereocenters. The van der Waals surface area contributed by atoms with E-state index in [1.54, 1.807) is 40.8 Å². The maximum absolute atomic E-state index is 12.5. The summed E-state index contributed by atoms with van der Waals surface area (Å²) in [6.07, 6.45) is 2.81. The molecule has 2 aromatic heterocycles. The Balaban J connectivity index is 1.76. The standard InChI is InChI=1S/C21H26Cl2N6OS/c1-4-9-31-21-27-18(25-11-13(2)3)16-12-26-29(19(16)28-21)8-7-24-20(30)15-10-14(22)5-6-17(15)23/h5-6,10,12-13H,4,7-9,11H2,1-3H3,(H,24,30)(H,25,27,28). The molecule has 3 rings (SSSR count). The van der Waals surface area contributed by atoms with Gasteiger partial charge in [-0.25, -0.2) is 14.6 Å². The van der Waals surface area contributed by atoms with E-state index in [4.69, 9.17) is 28.2 Å². The highest BCUT2D eigenvalue weighted by Gasteiger charge is 2.15. The number of thioether (sulfide) groups is 1. The molecule has 0 fully saturated rings. The summed E-state index contributed by atoms with van der Waals surface area (Å²) in [4.78, 5) is 21.8. The molecule has 31 heavy (non-hydrogen) atoms. The van der Waals surface area contributed by atoms with Gasteiger partial charge in [-0.1, -0.05) is 55.7 Å². The Hall–Kier alpha value is -2.03. The van der Waals surface area contributed by atoms with Crippen LogP contribution in [-0.2, 0) is 6.54 Å². The number of nitrogens with one attached hydrogen (secondary N) is 2. The van der Waals surface area contributed by atoms with Crippen molar-refractivity contribution in [1.82, 2.24) is 25.1 Å². The van der Waals surface area contributed by atoms with Crippen LogP contribution in [0.2, 0.25) is 10.0 Å². The van der Waals surface area contributed by atoms with E-state index >= 15 is 0 Å². The van der Waals surface area contributed by atoms with Crippen LogP contribution >= 0.6 is 35.0 Å². The Morgan fingerprint density at radius 2 is 2.06 bits per heavy atom. The van der Waals surface area contributed by atoms with Crippen molar-refractivity contribution in [3.8, 4) is 0 Å². The number of fused-ring (bicyclic) bond motifs is 1. The molecule has 0 aliphatic rings. The first-order valence-electron chi connectivity index (χ1n) is 10.2. The topological polar surface area (TPSA) is 84.7 Å². The second kappa shape index (κ2) is 11.0. The van der Waals surface area contributed by atoms with Crippen molar-refractivity contribution in [2.75, 3.05) is 24.2 Å². The molecule has 2 N–H and O–H groups in total. The maximum atomic E-state index is 12.5. The normalized spacial score (nSPS) is 11.3. The predicted molar refractivity (Wildman–Crippen MR) is 128 cm³/mol.